The van der Waals surface area contributed by atoms with Crippen LogP contribution in [0.3, 0.4) is 0 Å². The molecule has 1 atom stereocenters. The van der Waals surface area contributed by atoms with Gasteiger partial charge in [-0.2, -0.15) is 0 Å². The molecule has 0 bridgehead atoms. The number of hydrogen-bond donors (Lipinski definition) is 2. The number of carbonyl (C=O) groups excluding carboxylic acids is 1. The van der Waals surface area contributed by atoms with Crippen LogP contribution >= 0.6 is 12.4 Å². The molecule has 0 aromatic heterocycles. The predicted octanol–water partition coefficient (Wildman–Crippen LogP) is 1.23. The molecule has 112 valence electrons. The first-order valence-corrected chi connectivity index (χ1v) is 7.03. The van der Waals surface area contributed by atoms with Crippen molar-refractivity contribution in [3.8, 4) is 0 Å². The molecule has 1 aliphatic heterocycles. The maximum atomic E-state index is 12.0. The smallest absolute Gasteiger partial charge is 0.227 e. The molecule has 2 rings (SSSR count). The number of nitrogens with one attached hydrogen (secondary N) is 2. The van der Waals surface area contributed by atoms with Gasteiger partial charge in [0.2, 0.25) is 5.91 Å². The number of rotatable bonds is 5. The third-order valence-corrected chi connectivity index (χ3v) is 3.63. The molecule has 0 spiro atoms. The molecule has 0 radical (unpaired) electrons. The summed E-state index contributed by atoms with van der Waals surface area (Å²) in [7, 11) is 0. The van der Waals surface area contributed by atoms with Crippen molar-refractivity contribution in [1.29, 1.82) is 0 Å². The topological polar surface area (TPSA) is 44.4 Å². The van der Waals surface area contributed by atoms with E-state index in [-0.39, 0.29) is 24.2 Å². The quantitative estimate of drug-likeness (QED) is 0.859. The second kappa shape index (κ2) is 8.95. The van der Waals surface area contributed by atoms with E-state index in [0.29, 0.717) is 0 Å². The average Bonchev–Trinajstić information content (AvgIpc) is 2.48. The standard InChI is InChI=1S/C15H23N3O.ClH/c1-13(14-5-3-2-4-6-14)15(19)17-9-12-18-10-7-16-8-11-18;/h2-6,13,16H,7-12H2,1H3,(H,17,19);1H. The minimum atomic E-state index is -0.0794. The van der Waals surface area contributed by atoms with Gasteiger partial charge in [-0.25, -0.2) is 0 Å². The Hall–Kier alpha value is -1.10. The van der Waals surface area contributed by atoms with Gasteiger partial charge in [-0.3, -0.25) is 9.69 Å². The second-order valence-electron chi connectivity index (χ2n) is 5.02. The number of amides is 1. The van der Waals surface area contributed by atoms with Crippen molar-refractivity contribution < 1.29 is 4.79 Å². The zero-order valence-corrected chi connectivity index (χ0v) is 12.8. The van der Waals surface area contributed by atoms with Gasteiger partial charge in [0.15, 0.2) is 0 Å². The fourth-order valence-corrected chi connectivity index (χ4v) is 2.32. The lowest BCUT2D eigenvalue weighted by Gasteiger charge is -2.27. The Labute approximate surface area is 127 Å². The Kier molecular flexibility index (Phi) is 7.59. The van der Waals surface area contributed by atoms with E-state index in [9.17, 15) is 4.79 Å². The number of piperazine rings is 1. The van der Waals surface area contributed by atoms with Gasteiger partial charge in [0, 0.05) is 39.3 Å². The SMILES string of the molecule is CC(C(=O)NCCN1CCNCC1)c1ccccc1.Cl. The van der Waals surface area contributed by atoms with Crippen LogP contribution in [0.15, 0.2) is 30.3 Å². The Morgan fingerprint density at radius 1 is 1.30 bits per heavy atom. The van der Waals surface area contributed by atoms with Crippen LogP contribution in [0.25, 0.3) is 0 Å². The van der Waals surface area contributed by atoms with Crippen molar-refractivity contribution in [2.24, 2.45) is 0 Å². The van der Waals surface area contributed by atoms with Gasteiger partial charge in [-0.1, -0.05) is 30.3 Å². The van der Waals surface area contributed by atoms with Gasteiger partial charge in [-0.05, 0) is 12.5 Å². The van der Waals surface area contributed by atoms with Crippen LogP contribution in [0, 0.1) is 0 Å². The van der Waals surface area contributed by atoms with Crippen molar-refractivity contribution in [2.75, 3.05) is 39.3 Å². The summed E-state index contributed by atoms with van der Waals surface area (Å²) < 4.78 is 0. The number of carbonyl (C=O) groups is 1. The zero-order valence-electron chi connectivity index (χ0n) is 12.0. The number of hydrogen-bond acceptors (Lipinski definition) is 3. The van der Waals surface area contributed by atoms with Gasteiger partial charge < -0.3 is 10.6 Å². The average molecular weight is 298 g/mol. The molecule has 2 N–H and O–H groups in total. The maximum Gasteiger partial charge on any atom is 0.227 e. The van der Waals surface area contributed by atoms with E-state index < -0.39 is 0 Å². The first-order valence-electron chi connectivity index (χ1n) is 7.03. The molecule has 1 amide bonds. The van der Waals surface area contributed by atoms with Crippen LogP contribution in [0.2, 0.25) is 0 Å². The molecule has 0 saturated carbocycles. The lowest BCUT2D eigenvalue weighted by atomic mass is 10.0. The first kappa shape index (κ1) is 17.0. The van der Waals surface area contributed by atoms with Crippen LogP contribution in [0.5, 0.6) is 0 Å². The van der Waals surface area contributed by atoms with Crippen molar-refractivity contribution in [3.05, 3.63) is 35.9 Å². The fraction of sp³-hybridized carbons (Fsp3) is 0.533. The summed E-state index contributed by atoms with van der Waals surface area (Å²) in [4.78, 5) is 14.4. The van der Waals surface area contributed by atoms with E-state index in [2.05, 4.69) is 15.5 Å². The van der Waals surface area contributed by atoms with Gasteiger partial charge in [-0.15, -0.1) is 12.4 Å². The van der Waals surface area contributed by atoms with E-state index in [0.717, 1.165) is 44.8 Å². The molecular weight excluding hydrogens is 274 g/mol. The Morgan fingerprint density at radius 2 is 1.95 bits per heavy atom. The molecule has 5 heteroatoms. The highest BCUT2D eigenvalue weighted by atomic mass is 35.5. The van der Waals surface area contributed by atoms with Gasteiger partial charge in [0.05, 0.1) is 5.92 Å². The molecule has 20 heavy (non-hydrogen) atoms. The van der Waals surface area contributed by atoms with E-state index in [1.165, 1.54) is 0 Å². The third-order valence-electron chi connectivity index (χ3n) is 3.63. The largest absolute Gasteiger partial charge is 0.354 e. The molecule has 1 unspecified atom stereocenters. The Morgan fingerprint density at radius 3 is 2.60 bits per heavy atom. The van der Waals surface area contributed by atoms with Crippen molar-refractivity contribution in [3.63, 3.8) is 0 Å². The summed E-state index contributed by atoms with van der Waals surface area (Å²) >= 11 is 0. The minimum Gasteiger partial charge on any atom is -0.354 e. The first-order chi connectivity index (χ1) is 9.27. The molecule has 1 saturated heterocycles. The van der Waals surface area contributed by atoms with E-state index in [4.69, 9.17) is 0 Å². The molecule has 1 heterocycles. The lowest BCUT2D eigenvalue weighted by molar-refractivity contribution is -0.122. The summed E-state index contributed by atoms with van der Waals surface area (Å²) in [5.74, 6) is 0.0329. The molecule has 1 aliphatic rings. The van der Waals surface area contributed by atoms with Gasteiger partial charge >= 0.3 is 0 Å². The maximum absolute atomic E-state index is 12.0. The monoisotopic (exact) mass is 297 g/mol. The normalized spacial score (nSPS) is 17.1. The highest BCUT2D eigenvalue weighted by Crippen LogP contribution is 2.14. The summed E-state index contributed by atoms with van der Waals surface area (Å²) in [6.45, 7) is 7.87. The number of benzene rings is 1. The van der Waals surface area contributed by atoms with Gasteiger partial charge in [0.25, 0.3) is 0 Å². The third kappa shape index (κ3) is 5.12. The van der Waals surface area contributed by atoms with E-state index >= 15 is 0 Å². The number of halogens is 1. The van der Waals surface area contributed by atoms with Crippen molar-refractivity contribution in [1.82, 2.24) is 15.5 Å². The number of nitrogens with zero attached hydrogens (tertiary/aromatic N) is 1. The zero-order chi connectivity index (χ0) is 13.5. The van der Waals surface area contributed by atoms with Gasteiger partial charge in [0.1, 0.15) is 0 Å². The molecular formula is C15H24ClN3O. The van der Waals surface area contributed by atoms with Crippen LogP contribution in [0.4, 0.5) is 0 Å². The van der Waals surface area contributed by atoms with Crippen LogP contribution in [-0.2, 0) is 4.79 Å². The summed E-state index contributed by atoms with van der Waals surface area (Å²) in [6, 6.07) is 9.92. The highest BCUT2D eigenvalue weighted by Gasteiger charge is 2.15. The Bertz CT molecular complexity index is 393. The molecule has 0 aliphatic carbocycles. The van der Waals surface area contributed by atoms with Crippen LogP contribution in [-0.4, -0.2) is 50.1 Å². The molecule has 4 nitrogen and oxygen atoms in total. The highest BCUT2D eigenvalue weighted by molar-refractivity contribution is 5.85. The second-order valence-corrected chi connectivity index (χ2v) is 5.02. The predicted molar refractivity (Wildman–Crippen MR) is 84.4 cm³/mol. The minimum absolute atomic E-state index is 0. The van der Waals surface area contributed by atoms with Crippen molar-refractivity contribution >= 4 is 18.3 Å². The fourth-order valence-electron chi connectivity index (χ4n) is 2.32. The molecule has 1 aromatic rings. The van der Waals surface area contributed by atoms with Crippen LogP contribution < -0.4 is 10.6 Å². The van der Waals surface area contributed by atoms with E-state index in [1.807, 2.05) is 37.3 Å². The Balaban J connectivity index is 0.00000200. The molecule has 1 fully saturated rings. The summed E-state index contributed by atoms with van der Waals surface area (Å²) in [5.41, 5.74) is 1.07. The van der Waals surface area contributed by atoms with E-state index in [1.54, 1.807) is 0 Å². The molecule has 1 aromatic carbocycles. The summed E-state index contributed by atoms with van der Waals surface area (Å²) in [6.07, 6.45) is 0. The van der Waals surface area contributed by atoms with Crippen molar-refractivity contribution in [2.45, 2.75) is 12.8 Å². The summed E-state index contributed by atoms with van der Waals surface area (Å²) in [5, 5.41) is 6.35. The van der Waals surface area contributed by atoms with Crippen LogP contribution in [0.1, 0.15) is 18.4 Å². The lowest BCUT2D eigenvalue weighted by Crippen LogP contribution is -2.46.